The predicted octanol–water partition coefficient (Wildman–Crippen LogP) is 1.28. The molecule has 2 aliphatic carbocycles. The van der Waals surface area contributed by atoms with Crippen molar-refractivity contribution in [3.05, 3.63) is 12.2 Å². The van der Waals surface area contributed by atoms with Crippen LogP contribution in [0.4, 0.5) is 0 Å². The van der Waals surface area contributed by atoms with Gasteiger partial charge in [0.25, 0.3) is 0 Å². The first-order chi connectivity index (χ1) is 8.00. The van der Waals surface area contributed by atoms with Gasteiger partial charge in [0, 0.05) is 6.54 Å². The Morgan fingerprint density at radius 1 is 1.29 bits per heavy atom. The number of hydrogen-bond donors (Lipinski definition) is 2. The highest BCUT2D eigenvalue weighted by molar-refractivity contribution is 5.86. The molecular weight excluding hydrogens is 218 g/mol. The lowest BCUT2D eigenvalue weighted by molar-refractivity contribution is -0.147. The Balaban J connectivity index is 2.06. The maximum Gasteiger partial charge on any atom is 0.307 e. The van der Waals surface area contributed by atoms with Gasteiger partial charge in [-0.3, -0.25) is 9.59 Å². The minimum absolute atomic E-state index is 0.0484. The summed E-state index contributed by atoms with van der Waals surface area (Å²) in [6, 6.07) is 0. The third-order valence-electron chi connectivity index (χ3n) is 3.73. The first kappa shape index (κ1) is 12.1. The second-order valence-corrected chi connectivity index (χ2v) is 5.48. The van der Waals surface area contributed by atoms with E-state index in [2.05, 4.69) is 5.32 Å². The molecule has 0 aromatic rings. The largest absolute Gasteiger partial charge is 0.481 e. The van der Waals surface area contributed by atoms with Crippen molar-refractivity contribution in [1.82, 2.24) is 5.32 Å². The number of carboxylic acids is 1. The van der Waals surface area contributed by atoms with Crippen LogP contribution in [0.1, 0.15) is 20.3 Å². The molecule has 94 valence electrons. The van der Waals surface area contributed by atoms with Crippen molar-refractivity contribution in [2.75, 3.05) is 6.54 Å². The maximum atomic E-state index is 12.0. The molecule has 0 aromatic carbocycles. The Hall–Kier alpha value is -1.32. The van der Waals surface area contributed by atoms with E-state index >= 15 is 0 Å². The van der Waals surface area contributed by atoms with Gasteiger partial charge in [0.2, 0.25) is 5.91 Å². The molecule has 2 rings (SSSR count). The number of carbonyl (C=O) groups excluding carboxylic acids is 1. The van der Waals surface area contributed by atoms with E-state index in [9.17, 15) is 14.7 Å². The van der Waals surface area contributed by atoms with Gasteiger partial charge in [-0.2, -0.15) is 0 Å². The molecule has 1 saturated carbocycles. The number of nitrogens with one attached hydrogen (secondary N) is 1. The van der Waals surface area contributed by atoms with Gasteiger partial charge in [-0.15, -0.1) is 0 Å². The van der Waals surface area contributed by atoms with E-state index in [4.69, 9.17) is 0 Å². The van der Waals surface area contributed by atoms with Gasteiger partial charge in [-0.05, 0) is 24.2 Å². The van der Waals surface area contributed by atoms with E-state index in [1.165, 1.54) is 0 Å². The molecule has 4 nitrogen and oxygen atoms in total. The molecule has 0 spiro atoms. The van der Waals surface area contributed by atoms with Crippen molar-refractivity contribution in [3.8, 4) is 0 Å². The molecule has 2 bridgehead atoms. The summed E-state index contributed by atoms with van der Waals surface area (Å²) in [5.74, 6) is -1.29. The molecule has 1 fully saturated rings. The molecule has 1 amide bonds. The van der Waals surface area contributed by atoms with Crippen LogP contribution in [0.2, 0.25) is 0 Å². The van der Waals surface area contributed by atoms with E-state index in [-0.39, 0.29) is 23.7 Å². The van der Waals surface area contributed by atoms with Crippen molar-refractivity contribution >= 4 is 11.9 Å². The maximum absolute atomic E-state index is 12.0. The number of fused-ring (bicyclic) bond motifs is 2. The van der Waals surface area contributed by atoms with Crippen molar-refractivity contribution in [3.63, 3.8) is 0 Å². The van der Waals surface area contributed by atoms with Gasteiger partial charge in [0.05, 0.1) is 11.8 Å². The number of carboxylic acid groups (broad SMARTS) is 1. The Bertz CT molecular complexity index is 362. The quantitative estimate of drug-likeness (QED) is 0.724. The first-order valence-electron chi connectivity index (χ1n) is 6.19. The van der Waals surface area contributed by atoms with Crippen LogP contribution in [0.15, 0.2) is 12.2 Å². The summed E-state index contributed by atoms with van der Waals surface area (Å²) in [6.07, 6.45) is 4.77. The highest BCUT2D eigenvalue weighted by Crippen LogP contribution is 2.48. The predicted molar refractivity (Wildman–Crippen MR) is 63.2 cm³/mol. The third kappa shape index (κ3) is 2.21. The molecule has 4 atom stereocenters. The molecule has 2 N–H and O–H groups in total. The average Bonchev–Trinajstić information content (AvgIpc) is 2.84. The number of hydrogen-bond acceptors (Lipinski definition) is 2. The number of allylic oxidation sites excluding steroid dienone is 2. The lowest BCUT2D eigenvalue weighted by Crippen LogP contribution is -2.41. The summed E-state index contributed by atoms with van der Waals surface area (Å²) in [7, 11) is 0. The highest BCUT2D eigenvalue weighted by Gasteiger charge is 2.51. The van der Waals surface area contributed by atoms with E-state index in [1.807, 2.05) is 26.0 Å². The summed E-state index contributed by atoms with van der Waals surface area (Å²) in [5, 5.41) is 12.1. The lowest BCUT2D eigenvalue weighted by atomic mass is 9.82. The topological polar surface area (TPSA) is 66.4 Å². The van der Waals surface area contributed by atoms with E-state index < -0.39 is 11.9 Å². The number of carbonyl (C=O) groups is 2. The zero-order valence-electron chi connectivity index (χ0n) is 10.2. The van der Waals surface area contributed by atoms with Crippen LogP contribution < -0.4 is 5.32 Å². The summed E-state index contributed by atoms with van der Waals surface area (Å²) < 4.78 is 0. The zero-order chi connectivity index (χ0) is 12.6. The van der Waals surface area contributed by atoms with Gasteiger partial charge in [0.1, 0.15) is 0 Å². The lowest BCUT2D eigenvalue weighted by Gasteiger charge is -2.24. The van der Waals surface area contributed by atoms with Crippen LogP contribution in [-0.2, 0) is 9.59 Å². The second kappa shape index (κ2) is 4.51. The smallest absolute Gasteiger partial charge is 0.307 e. The van der Waals surface area contributed by atoms with Crippen LogP contribution in [0, 0.1) is 29.6 Å². The molecule has 0 saturated heterocycles. The molecule has 0 aliphatic heterocycles. The van der Waals surface area contributed by atoms with Gasteiger partial charge in [-0.1, -0.05) is 26.0 Å². The fraction of sp³-hybridized carbons (Fsp3) is 0.692. The van der Waals surface area contributed by atoms with Gasteiger partial charge < -0.3 is 10.4 Å². The number of rotatable bonds is 4. The van der Waals surface area contributed by atoms with Crippen molar-refractivity contribution in [2.45, 2.75) is 20.3 Å². The van der Waals surface area contributed by atoms with E-state index in [0.29, 0.717) is 12.5 Å². The Kier molecular flexibility index (Phi) is 3.22. The summed E-state index contributed by atoms with van der Waals surface area (Å²) in [4.78, 5) is 23.3. The fourth-order valence-electron chi connectivity index (χ4n) is 2.94. The van der Waals surface area contributed by atoms with Gasteiger partial charge >= 0.3 is 5.97 Å². The summed E-state index contributed by atoms with van der Waals surface area (Å²) in [5.41, 5.74) is 0. The molecule has 0 unspecified atom stereocenters. The molecule has 4 heteroatoms. The summed E-state index contributed by atoms with van der Waals surface area (Å²) in [6.45, 7) is 4.66. The van der Waals surface area contributed by atoms with Crippen molar-refractivity contribution in [1.29, 1.82) is 0 Å². The van der Waals surface area contributed by atoms with Gasteiger partial charge in [-0.25, -0.2) is 0 Å². The SMILES string of the molecule is CC(C)CNC(=O)[C@H]1[C@@H](C(=O)O)[C@H]2C=C[C@H]1C2. The molecule has 0 aromatic heterocycles. The molecule has 2 aliphatic rings. The van der Waals surface area contributed by atoms with Gasteiger partial charge in [0.15, 0.2) is 0 Å². The third-order valence-corrected chi connectivity index (χ3v) is 3.73. The van der Waals surface area contributed by atoms with E-state index in [1.54, 1.807) is 0 Å². The van der Waals surface area contributed by atoms with Crippen LogP contribution >= 0.6 is 0 Å². The molecule has 0 radical (unpaired) electrons. The highest BCUT2D eigenvalue weighted by atomic mass is 16.4. The molecule has 17 heavy (non-hydrogen) atoms. The minimum atomic E-state index is -0.841. The van der Waals surface area contributed by atoms with Crippen molar-refractivity contribution < 1.29 is 14.7 Å². The normalized spacial score (nSPS) is 34.3. The monoisotopic (exact) mass is 237 g/mol. The second-order valence-electron chi connectivity index (χ2n) is 5.48. The van der Waals surface area contributed by atoms with Crippen LogP contribution in [0.25, 0.3) is 0 Å². The Labute approximate surface area is 101 Å². The number of aliphatic carboxylic acids is 1. The average molecular weight is 237 g/mol. The van der Waals surface area contributed by atoms with Crippen LogP contribution in [0.5, 0.6) is 0 Å². The Morgan fingerprint density at radius 3 is 2.41 bits per heavy atom. The van der Waals surface area contributed by atoms with Crippen LogP contribution in [0.3, 0.4) is 0 Å². The molecular formula is C13H19NO3. The minimum Gasteiger partial charge on any atom is -0.481 e. The summed E-state index contributed by atoms with van der Waals surface area (Å²) >= 11 is 0. The van der Waals surface area contributed by atoms with Crippen molar-refractivity contribution in [2.24, 2.45) is 29.6 Å². The van der Waals surface area contributed by atoms with Crippen LogP contribution in [-0.4, -0.2) is 23.5 Å². The zero-order valence-corrected chi connectivity index (χ0v) is 10.2. The number of amides is 1. The standard InChI is InChI=1S/C13H19NO3/c1-7(2)6-14-12(15)10-8-3-4-9(5-8)11(10)13(16)17/h3-4,7-11H,5-6H2,1-2H3,(H,14,15)(H,16,17)/t8-,9-,10+,11-/m0/s1. The Morgan fingerprint density at radius 2 is 1.88 bits per heavy atom. The fourth-order valence-corrected chi connectivity index (χ4v) is 2.94. The molecule has 0 heterocycles. The van der Waals surface area contributed by atoms with E-state index in [0.717, 1.165) is 6.42 Å². The first-order valence-corrected chi connectivity index (χ1v) is 6.19.